The van der Waals surface area contributed by atoms with Gasteiger partial charge < -0.3 is 9.15 Å². The van der Waals surface area contributed by atoms with Gasteiger partial charge in [0, 0.05) is 13.0 Å². The molecule has 0 saturated carbocycles. The van der Waals surface area contributed by atoms with E-state index >= 15 is 0 Å². The van der Waals surface area contributed by atoms with Crippen LogP contribution < -0.4 is 4.74 Å². The molecule has 2 aromatic carbocycles. The molecule has 0 saturated heterocycles. The average molecular weight is 389 g/mol. The molecule has 0 aliphatic heterocycles. The monoisotopic (exact) mass is 389 g/mol. The Hall–Kier alpha value is -3.04. The van der Waals surface area contributed by atoms with Gasteiger partial charge in [0.25, 0.3) is 0 Å². The molecule has 0 N–H and O–H groups in total. The normalized spacial score (nSPS) is 12.4. The molecule has 3 aromatic rings. The predicted molar refractivity (Wildman–Crippen MR) is 80.2 cm³/mol. The molecule has 0 atom stereocenters. The SMILES string of the molecule is Cc1nc2ccc(OC(=O)c3cc(C(F)(F)F)cc(C(F)(F)F)c3)cc2o1. The van der Waals surface area contributed by atoms with Crippen molar-refractivity contribution in [2.75, 3.05) is 0 Å². The van der Waals surface area contributed by atoms with Crippen LogP contribution in [0.3, 0.4) is 0 Å². The molecule has 3 rings (SSSR count). The van der Waals surface area contributed by atoms with Crippen molar-refractivity contribution in [3.63, 3.8) is 0 Å². The largest absolute Gasteiger partial charge is 0.441 e. The number of benzene rings is 2. The lowest BCUT2D eigenvalue weighted by molar-refractivity contribution is -0.143. The van der Waals surface area contributed by atoms with Gasteiger partial charge in [-0.3, -0.25) is 0 Å². The molecule has 0 bridgehead atoms. The lowest BCUT2D eigenvalue weighted by atomic mass is 10.0. The highest BCUT2D eigenvalue weighted by molar-refractivity contribution is 5.92. The number of hydrogen-bond donors (Lipinski definition) is 0. The second-order valence-corrected chi connectivity index (χ2v) is 5.55. The van der Waals surface area contributed by atoms with E-state index in [9.17, 15) is 31.1 Å². The molecule has 0 aliphatic carbocycles. The average Bonchev–Trinajstić information content (AvgIpc) is 2.92. The van der Waals surface area contributed by atoms with E-state index in [0.717, 1.165) is 0 Å². The Morgan fingerprint density at radius 2 is 1.56 bits per heavy atom. The molecular weight excluding hydrogens is 380 g/mol. The van der Waals surface area contributed by atoms with E-state index < -0.39 is 35.0 Å². The van der Waals surface area contributed by atoms with Crippen LogP contribution >= 0.6 is 0 Å². The van der Waals surface area contributed by atoms with Gasteiger partial charge in [-0.25, -0.2) is 9.78 Å². The Morgan fingerprint density at radius 1 is 0.963 bits per heavy atom. The lowest BCUT2D eigenvalue weighted by Crippen LogP contribution is -2.15. The zero-order chi connectivity index (χ0) is 20.0. The number of esters is 1. The van der Waals surface area contributed by atoms with Crippen molar-refractivity contribution in [2.45, 2.75) is 19.3 Å². The fourth-order valence-corrected chi connectivity index (χ4v) is 2.32. The number of aromatic nitrogens is 1. The fourth-order valence-electron chi connectivity index (χ4n) is 2.32. The van der Waals surface area contributed by atoms with Gasteiger partial charge in [0.05, 0.1) is 16.7 Å². The van der Waals surface area contributed by atoms with Gasteiger partial charge in [-0.15, -0.1) is 0 Å². The zero-order valence-electron chi connectivity index (χ0n) is 13.4. The third-order valence-electron chi connectivity index (χ3n) is 3.50. The van der Waals surface area contributed by atoms with Crippen LogP contribution in [0.15, 0.2) is 40.8 Å². The summed E-state index contributed by atoms with van der Waals surface area (Å²) < 4.78 is 87.3. The van der Waals surface area contributed by atoms with E-state index in [4.69, 9.17) is 9.15 Å². The number of hydrogen-bond acceptors (Lipinski definition) is 4. The van der Waals surface area contributed by atoms with E-state index in [0.29, 0.717) is 23.5 Å². The maximum absolute atomic E-state index is 12.9. The number of rotatable bonds is 2. The van der Waals surface area contributed by atoms with Gasteiger partial charge in [-0.1, -0.05) is 0 Å². The highest BCUT2D eigenvalue weighted by Crippen LogP contribution is 2.36. The van der Waals surface area contributed by atoms with Crippen LogP contribution in [0.4, 0.5) is 26.3 Å². The second kappa shape index (κ2) is 6.29. The minimum Gasteiger partial charge on any atom is -0.441 e. The van der Waals surface area contributed by atoms with Crippen LogP contribution in [-0.4, -0.2) is 11.0 Å². The van der Waals surface area contributed by atoms with E-state index in [-0.39, 0.29) is 17.4 Å². The molecule has 27 heavy (non-hydrogen) atoms. The summed E-state index contributed by atoms with van der Waals surface area (Å²) in [6.45, 7) is 1.58. The summed E-state index contributed by atoms with van der Waals surface area (Å²) in [5.74, 6) is -1.15. The van der Waals surface area contributed by atoms with Crippen LogP contribution in [0.2, 0.25) is 0 Å². The van der Waals surface area contributed by atoms with E-state index in [1.807, 2.05) is 0 Å². The molecule has 0 radical (unpaired) electrons. The molecule has 10 heteroatoms. The molecule has 0 unspecified atom stereocenters. The number of ether oxygens (including phenoxy) is 1. The third-order valence-corrected chi connectivity index (χ3v) is 3.50. The van der Waals surface area contributed by atoms with Crippen molar-refractivity contribution in [2.24, 2.45) is 0 Å². The van der Waals surface area contributed by atoms with Crippen molar-refractivity contribution in [1.29, 1.82) is 0 Å². The van der Waals surface area contributed by atoms with Crippen LogP contribution in [0.1, 0.15) is 27.4 Å². The number of carbonyl (C=O) groups excluding carboxylic acids is 1. The van der Waals surface area contributed by atoms with Crippen LogP contribution in [0.25, 0.3) is 11.1 Å². The number of nitrogens with zero attached hydrogens (tertiary/aromatic N) is 1. The van der Waals surface area contributed by atoms with Gasteiger partial charge in [-0.05, 0) is 30.3 Å². The van der Waals surface area contributed by atoms with E-state index in [1.165, 1.54) is 18.2 Å². The van der Waals surface area contributed by atoms with Crippen molar-refractivity contribution >= 4 is 17.1 Å². The summed E-state index contributed by atoms with van der Waals surface area (Å²) >= 11 is 0. The third kappa shape index (κ3) is 4.04. The van der Waals surface area contributed by atoms with Gasteiger partial charge in [-0.2, -0.15) is 26.3 Å². The number of halogens is 6. The molecule has 0 amide bonds. The number of fused-ring (bicyclic) bond motifs is 1. The number of oxazole rings is 1. The first-order valence-electron chi connectivity index (χ1n) is 7.32. The van der Waals surface area contributed by atoms with Crippen molar-refractivity contribution in [1.82, 2.24) is 4.98 Å². The van der Waals surface area contributed by atoms with Crippen molar-refractivity contribution in [3.8, 4) is 5.75 Å². The zero-order valence-corrected chi connectivity index (χ0v) is 13.4. The minimum absolute atomic E-state index is 0.0693. The summed E-state index contributed by atoms with van der Waals surface area (Å²) in [6.07, 6.45) is -10.1. The highest BCUT2D eigenvalue weighted by atomic mass is 19.4. The molecular formula is C17H9F6NO3. The Bertz CT molecular complexity index is 987. The molecule has 0 spiro atoms. The summed E-state index contributed by atoms with van der Waals surface area (Å²) in [7, 11) is 0. The van der Waals surface area contributed by atoms with Crippen LogP contribution in [-0.2, 0) is 12.4 Å². The molecule has 4 nitrogen and oxygen atoms in total. The number of carbonyl (C=O) groups is 1. The van der Waals surface area contributed by atoms with E-state index in [1.54, 1.807) is 6.92 Å². The Morgan fingerprint density at radius 3 is 2.11 bits per heavy atom. The molecule has 142 valence electrons. The Balaban J connectivity index is 1.97. The molecule has 0 aliphatic rings. The van der Waals surface area contributed by atoms with Gasteiger partial charge in [0.1, 0.15) is 11.3 Å². The summed E-state index contributed by atoms with van der Waals surface area (Å²) in [4.78, 5) is 16.1. The van der Waals surface area contributed by atoms with E-state index in [2.05, 4.69) is 4.98 Å². The number of aryl methyl sites for hydroxylation is 1. The first-order valence-corrected chi connectivity index (χ1v) is 7.32. The summed E-state index contributed by atoms with van der Waals surface area (Å²) in [6, 6.07) is 4.51. The highest BCUT2D eigenvalue weighted by Gasteiger charge is 2.37. The quantitative estimate of drug-likeness (QED) is 0.335. The maximum Gasteiger partial charge on any atom is 0.416 e. The first-order chi connectivity index (χ1) is 12.4. The Labute approximate surface area is 147 Å². The lowest BCUT2D eigenvalue weighted by Gasteiger charge is -2.13. The summed E-state index contributed by atoms with van der Waals surface area (Å²) in [5, 5.41) is 0. The summed E-state index contributed by atoms with van der Waals surface area (Å²) in [5.41, 5.74) is -3.40. The van der Waals surface area contributed by atoms with Crippen molar-refractivity contribution < 1.29 is 40.3 Å². The van der Waals surface area contributed by atoms with Crippen LogP contribution in [0.5, 0.6) is 5.75 Å². The predicted octanol–water partition coefficient (Wildman–Crippen LogP) is 5.39. The van der Waals surface area contributed by atoms with Gasteiger partial charge >= 0.3 is 18.3 Å². The standard InChI is InChI=1S/C17H9F6NO3/c1-8-24-13-3-2-12(7-14(13)26-8)27-15(25)9-4-10(16(18,19)20)6-11(5-9)17(21,22)23/h2-7H,1H3. The minimum atomic E-state index is -5.06. The molecule has 1 heterocycles. The molecule has 0 fully saturated rings. The first kappa shape index (κ1) is 18.7. The smallest absolute Gasteiger partial charge is 0.416 e. The second-order valence-electron chi connectivity index (χ2n) is 5.55. The van der Waals surface area contributed by atoms with Crippen molar-refractivity contribution in [3.05, 3.63) is 59.0 Å². The fraction of sp³-hybridized carbons (Fsp3) is 0.176. The Kier molecular flexibility index (Phi) is 4.37. The van der Waals surface area contributed by atoms with Gasteiger partial charge in [0.2, 0.25) is 0 Å². The topological polar surface area (TPSA) is 52.3 Å². The number of alkyl halides is 6. The van der Waals surface area contributed by atoms with Gasteiger partial charge in [0.15, 0.2) is 11.5 Å². The maximum atomic E-state index is 12.9. The molecule has 1 aromatic heterocycles. The van der Waals surface area contributed by atoms with Crippen LogP contribution in [0, 0.1) is 6.92 Å².